The molecule has 38 heavy (non-hydrogen) atoms. The number of Topliss-reactive ketones (excluding diaryl/α,β-unsaturated/α-hetero) is 2. The summed E-state index contributed by atoms with van der Waals surface area (Å²) in [5, 5.41) is 44.7. The van der Waals surface area contributed by atoms with Gasteiger partial charge < -0.3 is 36.6 Å². The number of likely N-dealkylation sites (tertiary alicyclic amines) is 1. The van der Waals surface area contributed by atoms with E-state index in [1.54, 1.807) is 6.07 Å². The summed E-state index contributed by atoms with van der Waals surface area (Å²) in [6.07, 6.45) is 4.31. The number of amides is 1. The molecule has 5 atom stereocenters. The summed E-state index contributed by atoms with van der Waals surface area (Å²) in [5.74, 6) is -6.70. The van der Waals surface area contributed by atoms with E-state index in [9.17, 15) is 34.8 Å². The summed E-state index contributed by atoms with van der Waals surface area (Å²) in [4.78, 5) is 40.8. The maximum absolute atomic E-state index is 13.7. The quantitative estimate of drug-likeness (QED) is 0.304. The van der Waals surface area contributed by atoms with Gasteiger partial charge in [-0.05, 0) is 57.1 Å². The molecule has 4 aliphatic carbocycles. The van der Waals surface area contributed by atoms with Gasteiger partial charge in [0.2, 0.25) is 5.78 Å². The SMILES string of the molecule is COc1c([C@@H]2CCCN2C2CC2)cc(O)c2c1C[C@H]1C[C@H]3[C@H](N)C(=O)C(C(N)=O)=C(O)[C@@]3(O)C(=O)C1=C2O. The van der Waals surface area contributed by atoms with Crippen LogP contribution in [0.2, 0.25) is 0 Å². The average molecular weight is 526 g/mol. The molecule has 1 saturated heterocycles. The monoisotopic (exact) mass is 525 g/mol. The van der Waals surface area contributed by atoms with Crippen LogP contribution in [0.25, 0.3) is 5.76 Å². The highest BCUT2D eigenvalue weighted by Gasteiger charge is 2.63. The van der Waals surface area contributed by atoms with Crippen molar-refractivity contribution in [3.05, 3.63) is 39.7 Å². The molecule has 1 aromatic rings. The largest absolute Gasteiger partial charge is 0.508 e. The van der Waals surface area contributed by atoms with Crippen LogP contribution in [-0.4, -0.2) is 74.1 Å². The van der Waals surface area contributed by atoms with Crippen molar-refractivity contribution in [3.8, 4) is 11.5 Å². The summed E-state index contributed by atoms with van der Waals surface area (Å²) in [5.41, 5.74) is 8.86. The van der Waals surface area contributed by atoms with E-state index in [0.717, 1.165) is 37.8 Å². The van der Waals surface area contributed by atoms with Crippen molar-refractivity contribution in [2.45, 2.75) is 62.3 Å². The summed E-state index contributed by atoms with van der Waals surface area (Å²) >= 11 is 0. The number of aliphatic hydroxyl groups is 3. The second-order valence-electron chi connectivity index (χ2n) is 11.1. The fraction of sp³-hybridized carbons (Fsp3) is 0.519. The number of nitrogens with two attached hydrogens (primary N) is 2. The van der Waals surface area contributed by atoms with Crippen molar-refractivity contribution in [2.75, 3.05) is 13.7 Å². The summed E-state index contributed by atoms with van der Waals surface area (Å²) in [6, 6.07) is 0.663. The first-order valence-electron chi connectivity index (χ1n) is 12.9. The maximum atomic E-state index is 13.7. The number of ether oxygens (including phenoxy) is 1. The lowest BCUT2D eigenvalue weighted by atomic mass is 9.58. The number of nitrogens with zero attached hydrogens (tertiary/aromatic N) is 1. The maximum Gasteiger partial charge on any atom is 0.255 e. The Hall–Kier alpha value is -3.41. The topological polar surface area (TPSA) is 197 Å². The lowest BCUT2D eigenvalue weighted by molar-refractivity contribution is -0.149. The minimum absolute atomic E-state index is 0.0259. The first-order chi connectivity index (χ1) is 18.0. The number of aliphatic hydroxyl groups excluding tert-OH is 2. The van der Waals surface area contributed by atoms with Crippen LogP contribution in [-0.2, 0) is 20.8 Å². The van der Waals surface area contributed by atoms with Gasteiger partial charge in [-0.3, -0.25) is 19.3 Å². The van der Waals surface area contributed by atoms with E-state index in [0.29, 0.717) is 17.4 Å². The highest BCUT2D eigenvalue weighted by atomic mass is 16.5. The molecule has 6 rings (SSSR count). The number of rotatable bonds is 4. The Morgan fingerprint density at radius 1 is 1.18 bits per heavy atom. The Morgan fingerprint density at radius 2 is 1.89 bits per heavy atom. The number of aromatic hydroxyl groups is 1. The van der Waals surface area contributed by atoms with E-state index in [1.807, 2.05) is 0 Å². The van der Waals surface area contributed by atoms with Crippen LogP contribution in [0.4, 0.5) is 0 Å². The van der Waals surface area contributed by atoms with Crippen molar-refractivity contribution < 1.29 is 39.5 Å². The Bertz CT molecular complexity index is 1360. The second-order valence-corrected chi connectivity index (χ2v) is 11.1. The van der Waals surface area contributed by atoms with Crippen LogP contribution in [0.1, 0.15) is 54.8 Å². The van der Waals surface area contributed by atoms with Gasteiger partial charge in [-0.25, -0.2) is 0 Å². The number of fused-ring (bicyclic) bond motifs is 3. The first-order valence-corrected chi connectivity index (χ1v) is 12.9. The van der Waals surface area contributed by atoms with E-state index >= 15 is 0 Å². The Kier molecular flexibility index (Phi) is 5.43. The molecule has 0 bridgehead atoms. The van der Waals surface area contributed by atoms with E-state index in [1.165, 1.54) is 7.11 Å². The molecule has 5 aliphatic rings. The van der Waals surface area contributed by atoms with Crippen molar-refractivity contribution >= 4 is 23.2 Å². The number of primary amides is 1. The number of phenolic OH excluding ortho intramolecular Hbond substituents is 1. The normalized spacial score (nSPS) is 33.2. The Morgan fingerprint density at radius 3 is 2.53 bits per heavy atom. The number of hydrogen-bond donors (Lipinski definition) is 6. The molecule has 202 valence electrons. The molecule has 2 saturated carbocycles. The standard InChI is InChI=1S/C27H31N3O8/c1-38-23-12(15-3-2-6-30(15)11-4-5-11)9-16(31)18-13(23)7-10-8-14-20(28)22(33)19(26(29)36)25(35)27(14,37)24(34)17(10)21(18)32/h9-11,14-15,20,31-32,35,37H,2-8,28H2,1H3,(H2,29,36)/t10-,14-,15-,20-,27-/m0/s1. The van der Waals surface area contributed by atoms with Gasteiger partial charge in [0.05, 0.1) is 18.7 Å². The Balaban J connectivity index is 1.50. The molecule has 1 aliphatic heterocycles. The minimum atomic E-state index is -2.72. The zero-order valence-electron chi connectivity index (χ0n) is 20.9. The van der Waals surface area contributed by atoms with Crippen LogP contribution in [0, 0.1) is 11.8 Å². The van der Waals surface area contributed by atoms with Crippen LogP contribution < -0.4 is 16.2 Å². The van der Waals surface area contributed by atoms with E-state index < -0.39 is 58.0 Å². The molecule has 3 fully saturated rings. The molecule has 1 amide bonds. The molecular formula is C27H31N3O8. The zero-order chi connectivity index (χ0) is 27.3. The lowest BCUT2D eigenvalue weighted by Crippen LogP contribution is -2.65. The van der Waals surface area contributed by atoms with Gasteiger partial charge in [0.15, 0.2) is 11.4 Å². The fourth-order valence-electron chi connectivity index (χ4n) is 7.25. The first kappa shape index (κ1) is 24.9. The number of methoxy groups -OCH3 is 1. The predicted octanol–water partition coefficient (Wildman–Crippen LogP) is 0.669. The molecule has 0 spiro atoms. The third-order valence-corrected chi connectivity index (χ3v) is 9.10. The number of carbonyl (C=O) groups excluding carboxylic acids is 3. The van der Waals surface area contributed by atoms with Gasteiger partial charge in [-0.15, -0.1) is 0 Å². The van der Waals surface area contributed by atoms with Crippen LogP contribution in [0.15, 0.2) is 23.0 Å². The summed E-state index contributed by atoms with van der Waals surface area (Å²) < 4.78 is 5.85. The molecular weight excluding hydrogens is 494 g/mol. The zero-order valence-corrected chi connectivity index (χ0v) is 20.9. The second kappa shape index (κ2) is 8.29. The van der Waals surface area contributed by atoms with Crippen LogP contribution >= 0.6 is 0 Å². The van der Waals surface area contributed by atoms with Crippen molar-refractivity contribution in [1.82, 2.24) is 4.90 Å². The predicted molar refractivity (Wildman–Crippen MR) is 133 cm³/mol. The molecule has 0 aromatic heterocycles. The van der Waals surface area contributed by atoms with Crippen LogP contribution in [0.5, 0.6) is 11.5 Å². The number of ketones is 2. The fourth-order valence-corrected chi connectivity index (χ4v) is 7.25. The minimum Gasteiger partial charge on any atom is -0.508 e. The molecule has 11 nitrogen and oxygen atoms in total. The molecule has 1 heterocycles. The molecule has 0 radical (unpaired) electrons. The third kappa shape index (κ3) is 3.15. The van der Waals surface area contributed by atoms with Gasteiger partial charge in [-0.1, -0.05) is 0 Å². The van der Waals surface area contributed by atoms with Gasteiger partial charge >= 0.3 is 0 Å². The number of carbonyl (C=O) groups is 3. The van der Waals surface area contributed by atoms with Crippen molar-refractivity contribution in [3.63, 3.8) is 0 Å². The van der Waals surface area contributed by atoms with Crippen LogP contribution in [0.3, 0.4) is 0 Å². The average Bonchev–Trinajstić information content (AvgIpc) is 3.60. The molecule has 0 unspecified atom stereocenters. The smallest absolute Gasteiger partial charge is 0.255 e. The lowest BCUT2D eigenvalue weighted by Gasteiger charge is -2.48. The molecule has 1 aromatic carbocycles. The van der Waals surface area contributed by atoms with E-state index in [-0.39, 0.29) is 35.8 Å². The van der Waals surface area contributed by atoms with Gasteiger partial charge in [-0.2, -0.15) is 0 Å². The van der Waals surface area contributed by atoms with Gasteiger partial charge in [0.1, 0.15) is 28.6 Å². The van der Waals surface area contributed by atoms with E-state index in [2.05, 4.69) is 4.90 Å². The number of hydrogen-bond acceptors (Lipinski definition) is 10. The van der Waals surface area contributed by atoms with Crippen molar-refractivity contribution in [1.29, 1.82) is 0 Å². The van der Waals surface area contributed by atoms with Gasteiger partial charge in [0.25, 0.3) is 5.91 Å². The third-order valence-electron chi connectivity index (χ3n) is 9.10. The highest BCUT2D eigenvalue weighted by molar-refractivity contribution is 6.24. The summed E-state index contributed by atoms with van der Waals surface area (Å²) in [7, 11) is 1.53. The molecule has 11 heteroatoms. The number of benzene rings is 1. The van der Waals surface area contributed by atoms with Gasteiger partial charge in [0, 0.05) is 34.7 Å². The number of phenols is 1. The molecule has 8 N–H and O–H groups in total. The summed E-state index contributed by atoms with van der Waals surface area (Å²) in [6.45, 7) is 0.958. The van der Waals surface area contributed by atoms with E-state index in [4.69, 9.17) is 16.2 Å². The Labute approximate surface area is 218 Å². The highest BCUT2D eigenvalue weighted by Crippen LogP contribution is 2.55. The van der Waals surface area contributed by atoms with Crippen molar-refractivity contribution in [2.24, 2.45) is 23.3 Å².